The second-order valence-corrected chi connectivity index (χ2v) is 7.66. The number of amides is 2. The fourth-order valence-corrected chi connectivity index (χ4v) is 3.20. The fraction of sp³-hybridized carbons (Fsp3) is 0.222. The molecule has 3 aromatic carbocycles. The first-order valence-electron chi connectivity index (χ1n) is 11.2. The average molecular weight is 476 g/mol. The number of hydrogen-bond acceptors (Lipinski definition) is 6. The van der Waals surface area contributed by atoms with E-state index in [0.29, 0.717) is 41.7 Å². The zero-order chi connectivity index (χ0) is 25.0. The SMILES string of the molecule is CCOc1cc(C=NNC(=O)CC(=O)Nc2ccc(OC)cc2)ccc1OCc1cccc(C)c1. The number of carbonyl (C=O) groups excluding carboxylic acids is 2. The maximum Gasteiger partial charge on any atom is 0.249 e. The van der Waals surface area contributed by atoms with Crippen molar-refractivity contribution in [3.05, 3.63) is 83.4 Å². The highest BCUT2D eigenvalue weighted by Crippen LogP contribution is 2.29. The van der Waals surface area contributed by atoms with Gasteiger partial charge in [-0.3, -0.25) is 9.59 Å². The molecule has 8 heteroatoms. The van der Waals surface area contributed by atoms with Crippen molar-refractivity contribution in [3.63, 3.8) is 0 Å². The van der Waals surface area contributed by atoms with E-state index in [1.807, 2.05) is 32.0 Å². The van der Waals surface area contributed by atoms with Crippen LogP contribution in [-0.2, 0) is 16.2 Å². The molecule has 0 fully saturated rings. The highest BCUT2D eigenvalue weighted by Gasteiger charge is 2.10. The molecule has 0 heterocycles. The van der Waals surface area contributed by atoms with E-state index in [1.54, 1.807) is 49.6 Å². The molecule has 0 aliphatic carbocycles. The van der Waals surface area contributed by atoms with Crippen molar-refractivity contribution in [1.29, 1.82) is 0 Å². The van der Waals surface area contributed by atoms with Crippen LogP contribution in [0.2, 0.25) is 0 Å². The molecule has 3 aromatic rings. The number of benzene rings is 3. The van der Waals surface area contributed by atoms with Gasteiger partial charge in [0.25, 0.3) is 0 Å². The highest BCUT2D eigenvalue weighted by atomic mass is 16.5. The summed E-state index contributed by atoms with van der Waals surface area (Å²) in [5.41, 5.74) is 5.88. The molecule has 0 radical (unpaired) electrons. The van der Waals surface area contributed by atoms with Crippen molar-refractivity contribution in [2.75, 3.05) is 19.0 Å². The molecule has 2 amide bonds. The van der Waals surface area contributed by atoms with E-state index >= 15 is 0 Å². The molecule has 0 aliphatic rings. The van der Waals surface area contributed by atoms with E-state index in [-0.39, 0.29) is 6.42 Å². The minimum absolute atomic E-state index is 0.362. The predicted molar refractivity (Wildman–Crippen MR) is 135 cm³/mol. The topological polar surface area (TPSA) is 98.2 Å². The smallest absolute Gasteiger partial charge is 0.249 e. The molecule has 8 nitrogen and oxygen atoms in total. The van der Waals surface area contributed by atoms with Crippen LogP contribution in [0.15, 0.2) is 71.8 Å². The number of aryl methyl sites for hydroxylation is 1. The molecule has 182 valence electrons. The van der Waals surface area contributed by atoms with Gasteiger partial charge in [0.2, 0.25) is 11.8 Å². The first-order valence-corrected chi connectivity index (χ1v) is 11.2. The van der Waals surface area contributed by atoms with Crippen molar-refractivity contribution < 1.29 is 23.8 Å². The maximum atomic E-state index is 12.1. The largest absolute Gasteiger partial charge is 0.497 e. The Balaban J connectivity index is 1.52. The van der Waals surface area contributed by atoms with Crippen LogP contribution in [0.4, 0.5) is 5.69 Å². The van der Waals surface area contributed by atoms with Gasteiger partial charge in [-0.05, 0) is 67.4 Å². The number of carbonyl (C=O) groups is 2. The summed E-state index contributed by atoms with van der Waals surface area (Å²) in [7, 11) is 1.56. The second kappa shape index (κ2) is 12.8. The van der Waals surface area contributed by atoms with Gasteiger partial charge >= 0.3 is 0 Å². The van der Waals surface area contributed by atoms with Crippen molar-refractivity contribution >= 4 is 23.7 Å². The Kier molecular flexibility index (Phi) is 9.24. The number of nitrogens with one attached hydrogen (secondary N) is 2. The Labute approximate surface area is 204 Å². The summed E-state index contributed by atoms with van der Waals surface area (Å²) < 4.78 is 16.7. The molecular formula is C27H29N3O5. The van der Waals surface area contributed by atoms with Crippen LogP contribution in [0.5, 0.6) is 17.2 Å². The average Bonchev–Trinajstić information content (AvgIpc) is 2.84. The standard InChI is InChI=1S/C27H29N3O5/c1-4-34-25-15-20(8-13-24(25)35-18-21-7-5-6-19(2)14-21)17-28-30-27(32)16-26(31)29-22-9-11-23(33-3)12-10-22/h5-15,17H,4,16,18H2,1-3H3,(H,29,31)(H,30,32). The van der Waals surface area contributed by atoms with Crippen molar-refractivity contribution in [3.8, 4) is 17.2 Å². The van der Waals surface area contributed by atoms with Crippen molar-refractivity contribution in [1.82, 2.24) is 5.43 Å². The summed E-state index contributed by atoms with van der Waals surface area (Å²) in [5.74, 6) is 0.888. The Morgan fingerprint density at radius 2 is 1.74 bits per heavy atom. The van der Waals surface area contributed by atoms with Gasteiger partial charge in [0.05, 0.1) is 19.9 Å². The van der Waals surface area contributed by atoms with Gasteiger partial charge in [-0.15, -0.1) is 0 Å². The van der Waals surface area contributed by atoms with Crippen LogP contribution in [0.1, 0.15) is 30.0 Å². The lowest BCUT2D eigenvalue weighted by Gasteiger charge is -2.13. The van der Waals surface area contributed by atoms with Crippen LogP contribution < -0.4 is 25.0 Å². The van der Waals surface area contributed by atoms with Crippen LogP contribution in [-0.4, -0.2) is 31.7 Å². The van der Waals surface area contributed by atoms with E-state index in [4.69, 9.17) is 14.2 Å². The normalized spacial score (nSPS) is 10.6. The third-order valence-electron chi connectivity index (χ3n) is 4.84. The number of anilines is 1. The molecule has 2 N–H and O–H groups in total. The number of rotatable bonds is 11. The van der Waals surface area contributed by atoms with E-state index in [1.165, 1.54) is 11.8 Å². The van der Waals surface area contributed by atoms with Crippen LogP contribution in [0.25, 0.3) is 0 Å². The molecule has 0 saturated heterocycles. The predicted octanol–water partition coefficient (Wildman–Crippen LogP) is 4.46. The first kappa shape index (κ1) is 25.3. The third-order valence-corrected chi connectivity index (χ3v) is 4.84. The summed E-state index contributed by atoms with van der Waals surface area (Å²) in [4.78, 5) is 24.1. The lowest BCUT2D eigenvalue weighted by atomic mass is 10.1. The van der Waals surface area contributed by atoms with Crippen molar-refractivity contribution in [2.45, 2.75) is 26.9 Å². The summed E-state index contributed by atoms with van der Waals surface area (Å²) in [5, 5.41) is 6.59. The second-order valence-electron chi connectivity index (χ2n) is 7.66. The highest BCUT2D eigenvalue weighted by molar-refractivity contribution is 6.03. The number of methoxy groups -OCH3 is 1. The van der Waals surface area contributed by atoms with Gasteiger partial charge in [-0.2, -0.15) is 5.10 Å². The molecular weight excluding hydrogens is 446 g/mol. The minimum atomic E-state index is -0.532. The quantitative estimate of drug-likeness (QED) is 0.242. The molecule has 35 heavy (non-hydrogen) atoms. The molecule has 0 aliphatic heterocycles. The Bertz CT molecular complexity index is 1180. The molecule has 0 spiro atoms. The van der Waals surface area contributed by atoms with Gasteiger partial charge in [-0.1, -0.05) is 29.8 Å². The van der Waals surface area contributed by atoms with Gasteiger partial charge in [0.1, 0.15) is 18.8 Å². The van der Waals surface area contributed by atoms with Crippen LogP contribution in [0, 0.1) is 6.92 Å². The van der Waals surface area contributed by atoms with E-state index in [9.17, 15) is 9.59 Å². The van der Waals surface area contributed by atoms with Gasteiger partial charge in [0.15, 0.2) is 11.5 Å². The lowest BCUT2D eigenvalue weighted by Crippen LogP contribution is -2.24. The number of nitrogens with zero attached hydrogens (tertiary/aromatic N) is 1. The van der Waals surface area contributed by atoms with E-state index in [2.05, 4.69) is 21.9 Å². The molecule has 3 rings (SSSR count). The first-order chi connectivity index (χ1) is 17.0. The zero-order valence-corrected chi connectivity index (χ0v) is 20.0. The van der Waals surface area contributed by atoms with Crippen LogP contribution in [0.3, 0.4) is 0 Å². The monoisotopic (exact) mass is 475 g/mol. The molecule has 0 aromatic heterocycles. The molecule has 0 unspecified atom stereocenters. The van der Waals surface area contributed by atoms with E-state index in [0.717, 1.165) is 5.56 Å². The summed E-state index contributed by atoms with van der Waals surface area (Å²) in [6.07, 6.45) is 1.12. The summed E-state index contributed by atoms with van der Waals surface area (Å²) in [6.45, 7) is 4.82. The Hall–Kier alpha value is -4.33. The number of ether oxygens (including phenoxy) is 3. The summed E-state index contributed by atoms with van der Waals surface area (Å²) in [6, 6.07) is 20.3. The molecule has 0 bridgehead atoms. The molecule has 0 atom stereocenters. The fourth-order valence-electron chi connectivity index (χ4n) is 3.20. The zero-order valence-electron chi connectivity index (χ0n) is 20.0. The maximum absolute atomic E-state index is 12.1. The summed E-state index contributed by atoms with van der Waals surface area (Å²) >= 11 is 0. The number of hydrazone groups is 1. The van der Waals surface area contributed by atoms with E-state index < -0.39 is 11.8 Å². The van der Waals surface area contributed by atoms with Crippen molar-refractivity contribution in [2.24, 2.45) is 5.10 Å². The third kappa shape index (κ3) is 8.19. The Morgan fingerprint density at radius 1 is 0.943 bits per heavy atom. The number of hydrogen-bond donors (Lipinski definition) is 2. The van der Waals surface area contributed by atoms with Gasteiger partial charge in [-0.25, -0.2) is 5.43 Å². The van der Waals surface area contributed by atoms with Crippen LogP contribution >= 0.6 is 0 Å². The Morgan fingerprint density at radius 3 is 2.46 bits per heavy atom. The molecule has 0 saturated carbocycles. The minimum Gasteiger partial charge on any atom is -0.497 e. The lowest BCUT2D eigenvalue weighted by molar-refractivity contribution is -0.126. The van der Waals surface area contributed by atoms with Gasteiger partial charge < -0.3 is 19.5 Å². The van der Waals surface area contributed by atoms with Gasteiger partial charge in [0, 0.05) is 5.69 Å².